The topological polar surface area (TPSA) is 54.0 Å². The van der Waals surface area contributed by atoms with Gasteiger partial charge in [0, 0.05) is 12.5 Å². The molecule has 1 unspecified atom stereocenters. The molecule has 1 amide bonds. The summed E-state index contributed by atoms with van der Waals surface area (Å²) in [6.45, 7) is 2.91. The van der Waals surface area contributed by atoms with Crippen molar-refractivity contribution < 1.29 is 4.79 Å². The zero-order chi connectivity index (χ0) is 12.3. The summed E-state index contributed by atoms with van der Waals surface area (Å²) in [6, 6.07) is 4.03. The molecule has 0 radical (unpaired) electrons. The first-order valence-electron chi connectivity index (χ1n) is 5.81. The molecule has 0 aliphatic carbocycles. The van der Waals surface area contributed by atoms with Crippen LogP contribution in [0.1, 0.15) is 25.0 Å². The number of anilines is 1. The average Bonchev–Trinajstić information content (AvgIpc) is 2.75. The predicted octanol–water partition coefficient (Wildman–Crippen LogP) is 2.23. The molecule has 2 N–H and O–H groups in total. The van der Waals surface area contributed by atoms with Crippen molar-refractivity contribution in [3.05, 3.63) is 22.4 Å². The fraction of sp³-hybridized carbons (Fsp3) is 0.500. The smallest absolute Gasteiger partial charge is 0.225 e. The van der Waals surface area contributed by atoms with Crippen molar-refractivity contribution in [1.82, 2.24) is 10.3 Å². The first-order valence-corrected chi connectivity index (χ1v) is 6.61. The van der Waals surface area contributed by atoms with Gasteiger partial charge in [0.15, 0.2) is 0 Å². The molecule has 1 aromatic heterocycles. The monoisotopic (exact) mass is 297 g/mol. The molecule has 0 aromatic carbocycles. The summed E-state index contributed by atoms with van der Waals surface area (Å²) in [5, 5.41) is 6.22. The third-order valence-electron chi connectivity index (χ3n) is 2.92. The minimum absolute atomic E-state index is 0.0524. The van der Waals surface area contributed by atoms with E-state index in [1.54, 1.807) is 0 Å². The molecule has 1 saturated heterocycles. The van der Waals surface area contributed by atoms with E-state index < -0.39 is 0 Å². The fourth-order valence-electron chi connectivity index (χ4n) is 2.02. The average molecular weight is 298 g/mol. The van der Waals surface area contributed by atoms with Gasteiger partial charge < -0.3 is 10.6 Å². The van der Waals surface area contributed by atoms with Gasteiger partial charge in [-0.3, -0.25) is 4.79 Å². The Labute approximate surface area is 109 Å². The van der Waals surface area contributed by atoms with Gasteiger partial charge in [-0.1, -0.05) is 0 Å². The van der Waals surface area contributed by atoms with E-state index in [-0.39, 0.29) is 5.91 Å². The second-order valence-electron chi connectivity index (χ2n) is 4.31. The van der Waals surface area contributed by atoms with Gasteiger partial charge in [0.2, 0.25) is 5.91 Å². The normalized spacial score (nSPS) is 19.3. The van der Waals surface area contributed by atoms with Crippen molar-refractivity contribution in [3.8, 4) is 0 Å². The Hall–Kier alpha value is -0.940. The summed E-state index contributed by atoms with van der Waals surface area (Å²) >= 11 is 3.30. The SMILES string of the molecule is Cc1nc(Br)ccc1NC(=O)CC1CCCN1. The number of rotatable bonds is 3. The molecule has 4 nitrogen and oxygen atoms in total. The van der Waals surface area contributed by atoms with Crippen LogP contribution in [0.25, 0.3) is 0 Å². The number of halogens is 1. The molecule has 1 aliphatic heterocycles. The molecule has 5 heteroatoms. The van der Waals surface area contributed by atoms with Gasteiger partial charge in [-0.25, -0.2) is 4.98 Å². The first kappa shape index (κ1) is 12.5. The highest BCUT2D eigenvalue weighted by molar-refractivity contribution is 9.10. The number of aryl methyl sites for hydroxylation is 1. The number of carbonyl (C=O) groups excluding carboxylic acids is 1. The lowest BCUT2D eigenvalue weighted by atomic mass is 10.1. The van der Waals surface area contributed by atoms with Crippen molar-refractivity contribution in [1.29, 1.82) is 0 Å². The molecule has 2 heterocycles. The lowest BCUT2D eigenvalue weighted by molar-refractivity contribution is -0.116. The number of nitrogens with one attached hydrogen (secondary N) is 2. The maximum Gasteiger partial charge on any atom is 0.225 e. The van der Waals surface area contributed by atoms with Crippen LogP contribution in [0.5, 0.6) is 0 Å². The molecule has 1 aromatic rings. The molecule has 1 fully saturated rings. The number of amides is 1. The number of carbonyl (C=O) groups is 1. The third kappa shape index (κ3) is 3.51. The minimum Gasteiger partial charge on any atom is -0.324 e. The third-order valence-corrected chi connectivity index (χ3v) is 3.36. The van der Waals surface area contributed by atoms with E-state index in [1.807, 2.05) is 19.1 Å². The van der Waals surface area contributed by atoms with E-state index >= 15 is 0 Å². The Bertz CT molecular complexity index is 416. The van der Waals surface area contributed by atoms with Gasteiger partial charge >= 0.3 is 0 Å². The Morgan fingerprint density at radius 2 is 2.47 bits per heavy atom. The van der Waals surface area contributed by atoms with Crippen LogP contribution < -0.4 is 10.6 Å². The second kappa shape index (κ2) is 5.60. The fourth-order valence-corrected chi connectivity index (χ4v) is 2.42. The quantitative estimate of drug-likeness (QED) is 0.841. The van der Waals surface area contributed by atoms with Crippen molar-refractivity contribution in [2.24, 2.45) is 0 Å². The largest absolute Gasteiger partial charge is 0.324 e. The molecule has 0 bridgehead atoms. The Morgan fingerprint density at radius 1 is 1.65 bits per heavy atom. The van der Waals surface area contributed by atoms with Gasteiger partial charge in [-0.05, 0) is 54.4 Å². The molecule has 0 saturated carbocycles. The standard InChI is InChI=1S/C12H16BrN3O/c1-8-10(4-5-11(13)15-8)16-12(17)7-9-3-2-6-14-9/h4-5,9,14H,2-3,6-7H2,1H3,(H,16,17). The Morgan fingerprint density at radius 3 is 3.12 bits per heavy atom. The van der Waals surface area contributed by atoms with Gasteiger partial charge in [0.05, 0.1) is 11.4 Å². The van der Waals surface area contributed by atoms with Gasteiger partial charge in [0.1, 0.15) is 4.60 Å². The van der Waals surface area contributed by atoms with E-state index in [0.29, 0.717) is 12.5 Å². The summed E-state index contributed by atoms with van der Waals surface area (Å²) in [4.78, 5) is 16.1. The van der Waals surface area contributed by atoms with Gasteiger partial charge in [-0.15, -0.1) is 0 Å². The molecule has 1 aliphatic rings. The summed E-state index contributed by atoms with van der Waals surface area (Å²) in [5.74, 6) is 0.0524. The molecule has 2 rings (SSSR count). The van der Waals surface area contributed by atoms with Gasteiger partial charge in [0.25, 0.3) is 0 Å². The predicted molar refractivity (Wildman–Crippen MR) is 70.9 cm³/mol. The highest BCUT2D eigenvalue weighted by atomic mass is 79.9. The highest BCUT2D eigenvalue weighted by Crippen LogP contribution is 2.17. The molecule has 92 valence electrons. The van der Waals surface area contributed by atoms with Crippen LogP contribution in [0.3, 0.4) is 0 Å². The van der Waals surface area contributed by atoms with Crippen LogP contribution in [-0.4, -0.2) is 23.5 Å². The summed E-state index contributed by atoms with van der Waals surface area (Å²) in [7, 11) is 0. The molecule has 0 spiro atoms. The summed E-state index contributed by atoms with van der Waals surface area (Å²) in [6.07, 6.45) is 2.79. The van der Waals surface area contributed by atoms with E-state index in [4.69, 9.17) is 0 Å². The van der Waals surface area contributed by atoms with Crippen molar-refractivity contribution >= 4 is 27.5 Å². The molecular formula is C12H16BrN3O. The Kier molecular flexibility index (Phi) is 4.12. The van der Waals surface area contributed by atoms with Crippen LogP contribution in [0.4, 0.5) is 5.69 Å². The number of pyridine rings is 1. The van der Waals surface area contributed by atoms with E-state index in [9.17, 15) is 4.79 Å². The number of nitrogens with zero attached hydrogens (tertiary/aromatic N) is 1. The van der Waals surface area contributed by atoms with Crippen molar-refractivity contribution in [2.45, 2.75) is 32.2 Å². The van der Waals surface area contributed by atoms with Crippen LogP contribution in [0, 0.1) is 6.92 Å². The number of aromatic nitrogens is 1. The second-order valence-corrected chi connectivity index (χ2v) is 5.12. The van der Waals surface area contributed by atoms with Crippen LogP contribution in [-0.2, 0) is 4.79 Å². The maximum atomic E-state index is 11.8. The van der Waals surface area contributed by atoms with Crippen LogP contribution in [0.15, 0.2) is 16.7 Å². The molecular weight excluding hydrogens is 282 g/mol. The van der Waals surface area contributed by atoms with Crippen LogP contribution in [0.2, 0.25) is 0 Å². The van der Waals surface area contributed by atoms with E-state index in [1.165, 1.54) is 0 Å². The zero-order valence-corrected chi connectivity index (χ0v) is 11.4. The molecule has 17 heavy (non-hydrogen) atoms. The lowest BCUT2D eigenvalue weighted by Crippen LogP contribution is -2.27. The maximum absolute atomic E-state index is 11.8. The lowest BCUT2D eigenvalue weighted by Gasteiger charge is -2.11. The Balaban J connectivity index is 1.93. The zero-order valence-electron chi connectivity index (χ0n) is 9.79. The molecule has 1 atom stereocenters. The minimum atomic E-state index is 0.0524. The van der Waals surface area contributed by atoms with Crippen molar-refractivity contribution in [2.75, 3.05) is 11.9 Å². The van der Waals surface area contributed by atoms with E-state index in [0.717, 1.165) is 35.4 Å². The highest BCUT2D eigenvalue weighted by Gasteiger charge is 2.17. The van der Waals surface area contributed by atoms with E-state index in [2.05, 4.69) is 31.5 Å². The first-order chi connectivity index (χ1) is 8.15. The summed E-state index contributed by atoms with van der Waals surface area (Å²) in [5.41, 5.74) is 1.61. The van der Waals surface area contributed by atoms with Crippen LogP contribution >= 0.6 is 15.9 Å². The van der Waals surface area contributed by atoms with Gasteiger partial charge in [-0.2, -0.15) is 0 Å². The summed E-state index contributed by atoms with van der Waals surface area (Å²) < 4.78 is 0.783. The number of hydrogen-bond donors (Lipinski definition) is 2. The number of hydrogen-bond acceptors (Lipinski definition) is 3. The van der Waals surface area contributed by atoms with Crippen molar-refractivity contribution in [3.63, 3.8) is 0 Å².